The van der Waals surface area contributed by atoms with Crippen LogP contribution in [0.2, 0.25) is 0 Å². The average molecular weight is 679 g/mol. The highest BCUT2D eigenvalue weighted by atomic mass is 19.4. The number of amides is 1. The fraction of sp³-hybridized carbons (Fsp3) is 0.0750. The average Bonchev–Trinajstić information content (AvgIpc) is 3.57. The first-order chi connectivity index (χ1) is 23.9. The Morgan fingerprint density at radius 1 is 0.540 bits per heavy atom. The van der Waals surface area contributed by atoms with E-state index in [-0.39, 0.29) is 38.6 Å². The highest BCUT2D eigenvalue weighted by Gasteiger charge is 2.42. The summed E-state index contributed by atoms with van der Waals surface area (Å²) < 4.78 is 84.5. The maximum atomic E-state index is 14.4. The van der Waals surface area contributed by atoms with Gasteiger partial charge >= 0.3 is 12.4 Å². The molecule has 0 aliphatic carbocycles. The number of rotatable bonds is 4. The molecular formula is C40H24F6N2O2. The molecule has 1 amide bonds. The van der Waals surface area contributed by atoms with E-state index in [1.165, 1.54) is 21.6 Å². The number of fused-ring (bicyclic) bond motifs is 4. The summed E-state index contributed by atoms with van der Waals surface area (Å²) >= 11 is 0. The molecule has 1 unspecified atom stereocenters. The molecule has 1 atom stereocenters. The van der Waals surface area contributed by atoms with Gasteiger partial charge in [-0.25, -0.2) is 0 Å². The summed E-state index contributed by atoms with van der Waals surface area (Å²) in [4.78, 5) is 15.7. The number of carbonyl (C=O) groups is 1. The summed E-state index contributed by atoms with van der Waals surface area (Å²) in [5.74, 6) is -0.519. The second-order valence-electron chi connectivity index (χ2n) is 12.0. The van der Waals surface area contributed by atoms with E-state index in [0.717, 1.165) is 35.4 Å². The third kappa shape index (κ3) is 4.94. The van der Waals surface area contributed by atoms with E-state index < -0.39 is 35.6 Å². The van der Waals surface area contributed by atoms with Crippen LogP contribution in [0.15, 0.2) is 133 Å². The van der Waals surface area contributed by atoms with Gasteiger partial charge in [-0.1, -0.05) is 84.9 Å². The lowest BCUT2D eigenvalue weighted by Crippen LogP contribution is -2.29. The van der Waals surface area contributed by atoms with Gasteiger partial charge in [0.1, 0.15) is 0 Å². The predicted molar refractivity (Wildman–Crippen MR) is 180 cm³/mol. The highest BCUT2D eigenvalue weighted by molar-refractivity contribution is 6.16. The Labute approximate surface area is 281 Å². The SMILES string of the molecule is O=C1c2cccc(-n3c4ccc(C(F)(F)F)cc4c4cc(C(F)(F)F)ccc43)c2C(O)N1c1c(-c2ccccc2)cccc1-c1ccccc1. The number of carbonyl (C=O) groups excluding carboxylic acids is 1. The molecule has 248 valence electrons. The van der Waals surface area contributed by atoms with E-state index in [1.54, 1.807) is 18.2 Å². The lowest BCUT2D eigenvalue weighted by atomic mass is 9.95. The number of halogens is 6. The third-order valence-corrected chi connectivity index (χ3v) is 9.14. The van der Waals surface area contributed by atoms with Crippen LogP contribution in [-0.2, 0) is 12.4 Å². The van der Waals surface area contributed by atoms with Crippen LogP contribution in [0.4, 0.5) is 32.0 Å². The number of nitrogens with zero attached hydrogens (tertiary/aromatic N) is 2. The number of aliphatic hydroxyl groups excluding tert-OH is 1. The molecule has 1 aliphatic heterocycles. The molecule has 1 aliphatic rings. The van der Waals surface area contributed by atoms with Crippen LogP contribution < -0.4 is 4.90 Å². The molecule has 50 heavy (non-hydrogen) atoms. The van der Waals surface area contributed by atoms with Gasteiger partial charge in [-0.3, -0.25) is 9.69 Å². The topological polar surface area (TPSA) is 45.5 Å². The van der Waals surface area contributed by atoms with E-state index >= 15 is 0 Å². The molecule has 2 heterocycles. The summed E-state index contributed by atoms with van der Waals surface area (Å²) in [6, 6.07) is 34.8. The molecule has 0 radical (unpaired) electrons. The molecule has 0 fully saturated rings. The summed E-state index contributed by atoms with van der Waals surface area (Å²) in [5, 5.41) is 12.1. The second-order valence-corrected chi connectivity index (χ2v) is 12.0. The Kier molecular flexibility index (Phi) is 7.13. The minimum atomic E-state index is -4.75. The van der Waals surface area contributed by atoms with Crippen LogP contribution in [-0.4, -0.2) is 15.6 Å². The van der Waals surface area contributed by atoms with Gasteiger partial charge in [-0.05, 0) is 59.7 Å². The quantitative estimate of drug-likeness (QED) is 0.188. The van der Waals surface area contributed by atoms with E-state index in [2.05, 4.69) is 0 Å². The van der Waals surface area contributed by atoms with Gasteiger partial charge in [0.15, 0.2) is 6.23 Å². The Bertz CT molecular complexity index is 2320. The number of anilines is 1. The predicted octanol–water partition coefficient (Wildman–Crippen LogP) is 10.8. The van der Waals surface area contributed by atoms with Crippen molar-refractivity contribution in [3.8, 4) is 27.9 Å². The zero-order chi connectivity index (χ0) is 34.9. The van der Waals surface area contributed by atoms with Crippen molar-refractivity contribution in [1.29, 1.82) is 0 Å². The third-order valence-electron chi connectivity index (χ3n) is 9.14. The van der Waals surface area contributed by atoms with Crippen LogP contribution in [0.3, 0.4) is 0 Å². The fourth-order valence-corrected chi connectivity index (χ4v) is 6.94. The van der Waals surface area contributed by atoms with Crippen LogP contribution in [0.25, 0.3) is 49.7 Å². The van der Waals surface area contributed by atoms with Crippen molar-refractivity contribution in [1.82, 2.24) is 4.57 Å². The Hall–Kier alpha value is -5.87. The number of benzene rings is 6. The van der Waals surface area contributed by atoms with Crippen LogP contribution >= 0.6 is 0 Å². The van der Waals surface area contributed by atoms with Crippen molar-refractivity contribution in [3.63, 3.8) is 0 Å². The smallest absolute Gasteiger partial charge is 0.369 e. The first kappa shape index (κ1) is 31.4. The molecule has 6 aromatic carbocycles. The van der Waals surface area contributed by atoms with Crippen molar-refractivity contribution in [2.45, 2.75) is 18.6 Å². The van der Waals surface area contributed by atoms with Gasteiger partial charge in [0.05, 0.1) is 33.5 Å². The number of alkyl halides is 6. The lowest BCUT2D eigenvalue weighted by molar-refractivity contribution is -0.138. The van der Waals surface area contributed by atoms with E-state index in [0.29, 0.717) is 16.8 Å². The maximum absolute atomic E-state index is 14.4. The van der Waals surface area contributed by atoms with E-state index in [4.69, 9.17) is 0 Å². The number of hydrogen-bond donors (Lipinski definition) is 1. The minimum absolute atomic E-state index is 0.0602. The van der Waals surface area contributed by atoms with Gasteiger partial charge in [0.25, 0.3) is 5.91 Å². The summed E-state index contributed by atoms with van der Waals surface area (Å²) in [6.45, 7) is 0. The van der Waals surface area contributed by atoms with Crippen molar-refractivity contribution in [3.05, 3.63) is 156 Å². The van der Waals surface area contributed by atoms with Crippen molar-refractivity contribution >= 4 is 33.4 Å². The molecule has 1 aromatic heterocycles. The number of aromatic nitrogens is 1. The van der Waals surface area contributed by atoms with Crippen molar-refractivity contribution in [2.75, 3.05) is 4.90 Å². The van der Waals surface area contributed by atoms with Crippen molar-refractivity contribution < 1.29 is 36.2 Å². The lowest BCUT2D eigenvalue weighted by Gasteiger charge is -2.27. The van der Waals surface area contributed by atoms with Gasteiger partial charge in [-0.2, -0.15) is 26.3 Å². The molecule has 4 nitrogen and oxygen atoms in total. The normalized spacial score (nSPS) is 14.9. The van der Waals surface area contributed by atoms with Gasteiger partial charge in [-0.15, -0.1) is 0 Å². The summed E-state index contributed by atoms with van der Waals surface area (Å²) in [7, 11) is 0. The zero-order valence-electron chi connectivity index (χ0n) is 25.8. The summed E-state index contributed by atoms with van der Waals surface area (Å²) in [6.07, 6.45) is -11.1. The Balaban J connectivity index is 1.38. The van der Waals surface area contributed by atoms with Gasteiger partial charge < -0.3 is 9.67 Å². The molecule has 7 aromatic rings. The molecule has 0 bridgehead atoms. The molecule has 0 spiro atoms. The number of hydrogen-bond acceptors (Lipinski definition) is 2. The Morgan fingerprint density at radius 2 is 1.00 bits per heavy atom. The maximum Gasteiger partial charge on any atom is 0.416 e. The molecule has 0 saturated carbocycles. The standard InChI is InChI=1S/C40H24F6N2O2/c41-39(42,43)25-17-19-32-30(21-25)31-22-26(40(44,45)46)18-20-33(31)47(32)34-16-8-15-29-35(34)38(50)48(37(29)49)36-27(23-9-3-1-4-10-23)13-7-14-28(36)24-11-5-2-6-12-24/h1-22,38,50H. The van der Waals surface area contributed by atoms with Crippen LogP contribution in [0.1, 0.15) is 33.3 Å². The molecular weight excluding hydrogens is 654 g/mol. The molecule has 10 heteroatoms. The second kappa shape index (κ2) is 11.3. The van der Waals surface area contributed by atoms with E-state index in [9.17, 15) is 36.2 Å². The van der Waals surface area contributed by atoms with E-state index in [1.807, 2.05) is 78.9 Å². The minimum Gasteiger partial charge on any atom is -0.369 e. The number of para-hydroxylation sites is 1. The number of aliphatic hydroxyl groups is 1. The van der Waals surface area contributed by atoms with Gasteiger partial charge in [0, 0.05) is 33.0 Å². The first-order valence-corrected chi connectivity index (χ1v) is 15.5. The zero-order valence-corrected chi connectivity index (χ0v) is 25.8. The largest absolute Gasteiger partial charge is 0.416 e. The molecule has 0 saturated heterocycles. The Morgan fingerprint density at radius 3 is 1.48 bits per heavy atom. The summed E-state index contributed by atoms with van der Waals surface area (Å²) in [5.41, 5.74) is 2.22. The van der Waals surface area contributed by atoms with Crippen LogP contribution in [0, 0.1) is 0 Å². The van der Waals surface area contributed by atoms with Crippen molar-refractivity contribution in [2.24, 2.45) is 0 Å². The molecule has 1 N–H and O–H groups in total. The first-order valence-electron chi connectivity index (χ1n) is 15.5. The van der Waals surface area contributed by atoms with Gasteiger partial charge in [0.2, 0.25) is 0 Å². The van der Waals surface area contributed by atoms with Crippen LogP contribution in [0.5, 0.6) is 0 Å². The molecule has 8 rings (SSSR count). The monoisotopic (exact) mass is 678 g/mol. The highest BCUT2D eigenvalue weighted by Crippen LogP contribution is 2.48. The fourth-order valence-electron chi connectivity index (χ4n) is 6.94.